The fraction of sp³-hybridized carbons (Fsp3) is 0.200. The van der Waals surface area contributed by atoms with Crippen LogP contribution in [0, 0.1) is 0 Å². The minimum atomic E-state index is -0.149. The number of pyridine rings is 1. The number of benzene rings is 1. The number of carbonyl (C=O) groups is 1. The van der Waals surface area contributed by atoms with Gasteiger partial charge in [-0.25, -0.2) is 4.98 Å². The lowest BCUT2D eigenvalue weighted by molar-refractivity contribution is -0.122. The lowest BCUT2D eigenvalue weighted by Crippen LogP contribution is -2.28. The Balaban J connectivity index is 1.96. The van der Waals surface area contributed by atoms with Crippen molar-refractivity contribution in [2.75, 3.05) is 13.2 Å². The highest BCUT2D eigenvalue weighted by Gasteiger charge is 2.03. The molecule has 1 heterocycles. The first-order valence-electron chi connectivity index (χ1n) is 6.36. The van der Waals surface area contributed by atoms with Gasteiger partial charge in [0.15, 0.2) is 6.61 Å². The third-order valence-electron chi connectivity index (χ3n) is 2.41. The van der Waals surface area contributed by atoms with E-state index in [4.69, 9.17) is 9.47 Å². The topological polar surface area (TPSA) is 60.5 Å². The SMILES string of the molecule is CCNC(=O)COc1cccc(Oc2ccccn2)c1. The van der Waals surface area contributed by atoms with Gasteiger partial charge in [0.05, 0.1) is 0 Å². The van der Waals surface area contributed by atoms with E-state index < -0.39 is 0 Å². The molecule has 2 rings (SSSR count). The summed E-state index contributed by atoms with van der Waals surface area (Å²) in [6, 6.07) is 12.5. The van der Waals surface area contributed by atoms with Crippen molar-refractivity contribution in [3.05, 3.63) is 48.7 Å². The number of likely N-dealkylation sites (N-methyl/N-ethyl adjacent to an activating group) is 1. The van der Waals surface area contributed by atoms with E-state index in [9.17, 15) is 4.79 Å². The molecular formula is C15H16N2O3. The molecule has 5 nitrogen and oxygen atoms in total. The van der Waals surface area contributed by atoms with Gasteiger partial charge in [0.1, 0.15) is 11.5 Å². The van der Waals surface area contributed by atoms with Gasteiger partial charge in [0, 0.05) is 24.9 Å². The minimum absolute atomic E-state index is 0.0130. The molecule has 0 unspecified atom stereocenters. The van der Waals surface area contributed by atoms with Gasteiger partial charge in [-0.2, -0.15) is 0 Å². The highest BCUT2D eigenvalue weighted by Crippen LogP contribution is 2.23. The number of ether oxygens (including phenoxy) is 2. The molecule has 5 heteroatoms. The van der Waals surface area contributed by atoms with E-state index in [0.29, 0.717) is 23.9 Å². The van der Waals surface area contributed by atoms with Crippen LogP contribution in [0.15, 0.2) is 48.7 Å². The molecule has 0 aliphatic rings. The molecule has 0 aliphatic heterocycles. The van der Waals surface area contributed by atoms with Crippen molar-refractivity contribution >= 4 is 5.91 Å². The van der Waals surface area contributed by atoms with Crippen LogP contribution in [-0.2, 0) is 4.79 Å². The zero-order valence-corrected chi connectivity index (χ0v) is 11.2. The Morgan fingerprint density at radius 2 is 2.05 bits per heavy atom. The lowest BCUT2D eigenvalue weighted by atomic mass is 10.3. The predicted molar refractivity (Wildman–Crippen MR) is 74.9 cm³/mol. The van der Waals surface area contributed by atoms with E-state index in [0.717, 1.165) is 0 Å². The molecule has 104 valence electrons. The molecule has 0 aliphatic carbocycles. The second-order valence-electron chi connectivity index (χ2n) is 3.99. The zero-order valence-electron chi connectivity index (χ0n) is 11.2. The summed E-state index contributed by atoms with van der Waals surface area (Å²) in [5, 5.41) is 2.67. The number of hydrogen-bond acceptors (Lipinski definition) is 4. The summed E-state index contributed by atoms with van der Waals surface area (Å²) in [6.07, 6.45) is 1.66. The number of nitrogens with one attached hydrogen (secondary N) is 1. The molecule has 0 saturated carbocycles. The monoisotopic (exact) mass is 272 g/mol. The Labute approximate surface area is 117 Å². The van der Waals surface area contributed by atoms with E-state index in [1.807, 2.05) is 19.1 Å². The van der Waals surface area contributed by atoms with E-state index in [2.05, 4.69) is 10.3 Å². The minimum Gasteiger partial charge on any atom is -0.484 e. The van der Waals surface area contributed by atoms with E-state index in [-0.39, 0.29) is 12.5 Å². The van der Waals surface area contributed by atoms with Gasteiger partial charge in [-0.1, -0.05) is 12.1 Å². The maximum Gasteiger partial charge on any atom is 0.257 e. The van der Waals surface area contributed by atoms with Crippen LogP contribution in [0.3, 0.4) is 0 Å². The first kappa shape index (κ1) is 13.9. The fourth-order valence-corrected chi connectivity index (χ4v) is 1.55. The molecule has 0 fully saturated rings. The Morgan fingerprint density at radius 1 is 1.20 bits per heavy atom. The Kier molecular flexibility index (Phi) is 4.94. The van der Waals surface area contributed by atoms with Gasteiger partial charge in [-0.15, -0.1) is 0 Å². The van der Waals surface area contributed by atoms with Gasteiger partial charge in [0.2, 0.25) is 5.88 Å². The van der Waals surface area contributed by atoms with Crippen molar-refractivity contribution in [1.82, 2.24) is 10.3 Å². The van der Waals surface area contributed by atoms with Crippen LogP contribution >= 0.6 is 0 Å². The fourth-order valence-electron chi connectivity index (χ4n) is 1.55. The van der Waals surface area contributed by atoms with Gasteiger partial charge < -0.3 is 14.8 Å². The quantitative estimate of drug-likeness (QED) is 0.877. The van der Waals surface area contributed by atoms with Crippen molar-refractivity contribution in [3.8, 4) is 17.4 Å². The highest BCUT2D eigenvalue weighted by atomic mass is 16.5. The zero-order chi connectivity index (χ0) is 14.2. The third-order valence-corrected chi connectivity index (χ3v) is 2.41. The summed E-state index contributed by atoms with van der Waals surface area (Å²) in [7, 11) is 0. The van der Waals surface area contributed by atoms with E-state index in [1.54, 1.807) is 36.5 Å². The Bertz CT molecular complexity index is 558. The lowest BCUT2D eigenvalue weighted by Gasteiger charge is -2.08. The van der Waals surface area contributed by atoms with Gasteiger partial charge in [0.25, 0.3) is 5.91 Å². The smallest absolute Gasteiger partial charge is 0.257 e. The highest BCUT2D eigenvalue weighted by molar-refractivity contribution is 5.77. The number of hydrogen-bond donors (Lipinski definition) is 1. The molecule has 1 aromatic heterocycles. The third kappa shape index (κ3) is 4.28. The van der Waals surface area contributed by atoms with Gasteiger partial charge >= 0.3 is 0 Å². The van der Waals surface area contributed by atoms with Crippen molar-refractivity contribution in [1.29, 1.82) is 0 Å². The van der Waals surface area contributed by atoms with Gasteiger partial charge in [-0.3, -0.25) is 4.79 Å². The number of carbonyl (C=O) groups excluding carboxylic acids is 1. The normalized spacial score (nSPS) is 9.85. The number of rotatable bonds is 6. The van der Waals surface area contributed by atoms with E-state index in [1.165, 1.54) is 0 Å². The maximum atomic E-state index is 11.3. The average molecular weight is 272 g/mol. The molecule has 0 spiro atoms. The average Bonchev–Trinajstić information content (AvgIpc) is 2.47. The number of aromatic nitrogens is 1. The second-order valence-corrected chi connectivity index (χ2v) is 3.99. The summed E-state index contributed by atoms with van der Waals surface area (Å²) < 4.78 is 11.0. The first-order chi connectivity index (χ1) is 9.78. The van der Waals surface area contributed by atoms with Crippen LogP contribution in [0.2, 0.25) is 0 Å². The summed E-state index contributed by atoms with van der Waals surface area (Å²) in [4.78, 5) is 15.4. The number of nitrogens with zero attached hydrogens (tertiary/aromatic N) is 1. The summed E-state index contributed by atoms with van der Waals surface area (Å²) in [5.74, 6) is 1.54. The summed E-state index contributed by atoms with van der Waals surface area (Å²) in [5.41, 5.74) is 0. The van der Waals surface area contributed by atoms with Crippen LogP contribution in [0.5, 0.6) is 17.4 Å². The number of amides is 1. The molecule has 2 aromatic rings. The first-order valence-corrected chi connectivity index (χ1v) is 6.36. The predicted octanol–water partition coefficient (Wildman–Crippen LogP) is 2.39. The van der Waals surface area contributed by atoms with Gasteiger partial charge in [-0.05, 0) is 25.1 Å². The van der Waals surface area contributed by atoms with Crippen molar-refractivity contribution in [3.63, 3.8) is 0 Å². The standard InChI is InChI=1S/C15H16N2O3/c1-2-16-14(18)11-19-12-6-5-7-13(10-12)20-15-8-3-4-9-17-15/h3-10H,2,11H2,1H3,(H,16,18). The molecule has 1 amide bonds. The summed E-state index contributed by atoms with van der Waals surface area (Å²) in [6.45, 7) is 2.44. The molecule has 1 N–H and O–H groups in total. The van der Waals surface area contributed by atoms with Crippen LogP contribution in [0.25, 0.3) is 0 Å². The molecule has 1 aromatic carbocycles. The second kappa shape index (κ2) is 7.13. The van der Waals surface area contributed by atoms with E-state index >= 15 is 0 Å². The largest absolute Gasteiger partial charge is 0.484 e. The molecular weight excluding hydrogens is 256 g/mol. The van der Waals surface area contributed by atoms with Crippen LogP contribution in [0.1, 0.15) is 6.92 Å². The molecule has 0 saturated heterocycles. The maximum absolute atomic E-state index is 11.3. The van der Waals surface area contributed by atoms with Crippen LogP contribution in [-0.4, -0.2) is 24.0 Å². The molecule has 0 radical (unpaired) electrons. The van der Waals surface area contributed by atoms with Crippen LogP contribution in [0.4, 0.5) is 0 Å². The van der Waals surface area contributed by atoms with Crippen LogP contribution < -0.4 is 14.8 Å². The molecule has 0 bridgehead atoms. The Morgan fingerprint density at radius 3 is 2.80 bits per heavy atom. The molecule has 0 atom stereocenters. The molecule has 20 heavy (non-hydrogen) atoms. The Hall–Kier alpha value is -2.56. The summed E-state index contributed by atoms with van der Waals surface area (Å²) >= 11 is 0. The van der Waals surface area contributed by atoms with Crippen molar-refractivity contribution < 1.29 is 14.3 Å². The van der Waals surface area contributed by atoms with Crippen molar-refractivity contribution in [2.24, 2.45) is 0 Å². The van der Waals surface area contributed by atoms with Crippen molar-refractivity contribution in [2.45, 2.75) is 6.92 Å².